The first-order chi connectivity index (χ1) is 9.04. The van der Waals surface area contributed by atoms with Crippen molar-refractivity contribution >= 4 is 17.3 Å². The van der Waals surface area contributed by atoms with Crippen molar-refractivity contribution in [3.8, 4) is 0 Å². The van der Waals surface area contributed by atoms with E-state index in [2.05, 4.69) is 9.97 Å². The van der Waals surface area contributed by atoms with Gasteiger partial charge in [0.25, 0.3) is 0 Å². The minimum Gasteiger partial charge on any atom is -0.383 e. The van der Waals surface area contributed by atoms with Gasteiger partial charge in [0.05, 0.1) is 5.69 Å². The summed E-state index contributed by atoms with van der Waals surface area (Å²) in [5, 5.41) is 0. The van der Waals surface area contributed by atoms with E-state index in [1.165, 1.54) is 6.07 Å². The molecule has 1 heterocycles. The lowest BCUT2D eigenvalue weighted by molar-refractivity contribution is 0.625. The lowest BCUT2D eigenvalue weighted by atomic mass is 10.2. The van der Waals surface area contributed by atoms with Gasteiger partial charge >= 0.3 is 0 Å². The number of hydrogen-bond acceptors (Lipinski definition) is 4. The Hall–Kier alpha value is -2.17. The highest BCUT2D eigenvalue weighted by Gasteiger charge is 2.17. The van der Waals surface area contributed by atoms with Crippen LogP contribution in [0.3, 0.4) is 0 Å². The van der Waals surface area contributed by atoms with Gasteiger partial charge in [-0.05, 0) is 32.9 Å². The highest BCUT2D eigenvalue weighted by Crippen LogP contribution is 2.30. The summed E-state index contributed by atoms with van der Waals surface area (Å²) >= 11 is 0. The Morgan fingerprint density at radius 3 is 2.53 bits per heavy atom. The number of para-hydroxylation sites is 1. The van der Waals surface area contributed by atoms with Gasteiger partial charge in [0.2, 0.25) is 0 Å². The van der Waals surface area contributed by atoms with Crippen LogP contribution in [0, 0.1) is 19.7 Å². The summed E-state index contributed by atoms with van der Waals surface area (Å²) in [5.74, 6) is 1.38. The zero-order valence-electron chi connectivity index (χ0n) is 11.3. The first-order valence-electron chi connectivity index (χ1n) is 6.17. The summed E-state index contributed by atoms with van der Waals surface area (Å²) in [7, 11) is 0. The van der Waals surface area contributed by atoms with Crippen molar-refractivity contribution < 1.29 is 4.39 Å². The molecule has 0 bridgehead atoms. The number of nitrogen functional groups attached to an aromatic ring is 1. The fourth-order valence-corrected chi connectivity index (χ4v) is 2.00. The van der Waals surface area contributed by atoms with Crippen LogP contribution >= 0.6 is 0 Å². The molecule has 0 radical (unpaired) electrons. The minimum atomic E-state index is -0.279. The number of benzene rings is 1. The van der Waals surface area contributed by atoms with E-state index >= 15 is 0 Å². The van der Waals surface area contributed by atoms with E-state index in [1.54, 1.807) is 30.0 Å². The van der Waals surface area contributed by atoms with Crippen LogP contribution in [0.25, 0.3) is 0 Å². The molecule has 0 saturated heterocycles. The summed E-state index contributed by atoms with van der Waals surface area (Å²) in [6, 6.07) is 6.63. The number of halogens is 1. The molecule has 0 saturated carbocycles. The molecule has 0 fully saturated rings. The fourth-order valence-electron chi connectivity index (χ4n) is 2.00. The van der Waals surface area contributed by atoms with E-state index in [0.29, 0.717) is 29.7 Å². The molecule has 0 unspecified atom stereocenters. The van der Waals surface area contributed by atoms with Crippen molar-refractivity contribution in [2.45, 2.75) is 20.8 Å². The summed E-state index contributed by atoms with van der Waals surface area (Å²) in [5.41, 5.74) is 7.11. The Balaban J connectivity index is 2.58. The van der Waals surface area contributed by atoms with Crippen molar-refractivity contribution in [3.63, 3.8) is 0 Å². The molecule has 5 heteroatoms. The Morgan fingerprint density at radius 1 is 1.21 bits per heavy atom. The first-order valence-corrected chi connectivity index (χ1v) is 6.17. The van der Waals surface area contributed by atoms with Crippen LogP contribution in [0.5, 0.6) is 0 Å². The molecule has 2 aromatic rings. The van der Waals surface area contributed by atoms with Crippen molar-refractivity contribution in [2.75, 3.05) is 17.2 Å². The normalized spacial score (nSPS) is 10.5. The van der Waals surface area contributed by atoms with Crippen molar-refractivity contribution in [2.24, 2.45) is 0 Å². The second-order valence-corrected chi connectivity index (χ2v) is 4.30. The number of aryl methyl sites for hydroxylation is 1. The molecule has 1 aromatic heterocycles. The van der Waals surface area contributed by atoms with Crippen LogP contribution < -0.4 is 10.6 Å². The summed E-state index contributed by atoms with van der Waals surface area (Å²) < 4.78 is 13.9. The molecule has 19 heavy (non-hydrogen) atoms. The Kier molecular flexibility index (Phi) is 3.64. The molecule has 100 valence electrons. The van der Waals surface area contributed by atoms with Crippen LogP contribution in [0.15, 0.2) is 24.3 Å². The maximum absolute atomic E-state index is 13.9. The van der Waals surface area contributed by atoms with Gasteiger partial charge < -0.3 is 10.6 Å². The molecular weight excluding hydrogens is 243 g/mol. The monoisotopic (exact) mass is 260 g/mol. The van der Waals surface area contributed by atoms with Gasteiger partial charge in [-0.15, -0.1) is 0 Å². The van der Waals surface area contributed by atoms with E-state index in [-0.39, 0.29) is 5.82 Å². The second-order valence-electron chi connectivity index (χ2n) is 4.30. The Labute approximate surface area is 112 Å². The lowest BCUT2D eigenvalue weighted by Gasteiger charge is -2.24. The van der Waals surface area contributed by atoms with Crippen molar-refractivity contribution in [3.05, 3.63) is 41.5 Å². The number of anilines is 3. The fraction of sp³-hybridized carbons (Fsp3) is 0.286. The predicted molar refractivity (Wildman–Crippen MR) is 75.0 cm³/mol. The van der Waals surface area contributed by atoms with Crippen LogP contribution in [0.4, 0.5) is 21.7 Å². The van der Waals surface area contributed by atoms with E-state index < -0.39 is 0 Å². The molecule has 0 atom stereocenters. The molecule has 2 N–H and O–H groups in total. The van der Waals surface area contributed by atoms with Crippen LogP contribution in [0.2, 0.25) is 0 Å². The largest absolute Gasteiger partial charge is 0.383 e. The number of hydrogen-bond donors (Lipinski definition) is 1. The average Bonchev–Trinajstić information content (AvgIpc) is 2.38. The van der Waals surface area contributed by atoms with Gasteiger partial charge in [-0.25, -0.2) is 14.4 Å². The number of aromatic nitrogens is 2. The van der Waals surface area contributed by atoms with Crippen LogP contribution in [-0.2, 0) is 0 Å². The lowest BCUT2D eigenvalue weighted by Crippen LogP contribution is -2.21. The van der Waals surface area contributed by atoms with E-state index in [4.69, 9.17) is 5.73 Å². The van der Waals surface area contributed by atoms with Gasteiger partial charge in [-0.2, -0.15) is 0 Å². The van der Waals surface area contributed by atoms with Crippen LogP contribution in [0.1, 0.15) is 18.3 Å². The number of nitrogens with zero attached hydrogens (tertiary/aromatic N) is 3. The predicted octanol–water partition coefficient (Wildman–Crippen LogP) is 2.97. The van der Waals surface area contributed by atoms with Gasteiger partial charge in [0.15, 0.2) is 0 Å². The van der Waals surface area contributed by atoms with Crippen LogP contribution in [-0.4, -0.2) is 16.5 Å². The third-order valence-electron chi connectivity index (χ3n) is 2.98. The number of nitrogens with two attached hydrogens (primary N) is 1. The highest BCUT2D eigenvalue weighted by molar-refractivity contribution is 5.66. The molecule has 0 aliphatic carbocycles. The second kappa shape index (κ2) is 5.22. The summed E-state index contributed by atoms with van der Waals surface area (Å²) in [6.07, 6.45) is 0. The molecule has 0 amide bonds. The van der Waals surface area contributed by atoms with Gasteiger partial charge in [0, 0.05) is 12.1 Å². The van der Waals surface area contributed by atoms with Crippen molar-refractivity contribution in [1.82, 2.24) is 9.97 Å². The molecule has 0 aliphatic heterocycles. The van der Waals surface area contributed by atoms with E-state index in [0.717, 1.165) is 5.56 Å². The topological polar surface area (TPSA) is 55.0 Å². The highest BCUT2D eigenvalue weighted by atomic mass is 19.1. The maximum atomic E-state index is 13.9. The van der Waals surface area contributed by atoms with E-state index in [9.17, 15) is 4.39 Å². The quantitative estimate of drug-likeness (QED) is 0.921. The van der Waals surface area contributed by atoms with Gasteiger partial charge in [-0.3, -0.25) is 0 Å². The van der Waals surface area contributed by atoms with Gasteiger partial charge in [-0.1, -0.05) is 12.1 Å². The Morgan fingerprint density at radius 2 is 1.89 bits per heavy atom. The molecule has 0 spiro atoms. The van der Waals surface area contributed by atoms with Crippen molar-refractivity contribution in [1.29, 1.82) is 0 Å². The summed E-state index contributed by atoms with van der Waals surface area (Å²) in [4.78, 5) is 10.3. The SMILES string of the molecule is CCN(c1ccccc1F)c1nc(C)nc(N)c1C. The Bertz CT molecular complexity index is 598. The third-order valence-corrected chi connectivity index (χ3v) is 2.98. The average molecular weight is 260 g/mol. The summed E-state index contributed by atoms with van der Waals surface area (Å²) in [6.45, 7) is 6.15. The smallest absolute Gasteiger partial charge is 0.146 e. The zero-order chi connectivity index (χ0) is 14.0. The molecule has 1 aromatic carbocycles. The maximum Gasteiger partial charge on any atom is 0.146 e. The number of rotatable bonds is 3. The standard InChI is InChI=1S/C14H17FN4/c1-4-19(12-8-6-5-7-11(12)15)14-9(2)13(16)17-10(3)18-14/h5-8H,4H2,1-3H3,(H2,16,17,18). The molecular formula is C14H17FN4. The van der Waals surface area contributed by atoms with Gasteiger partial charge in [0.1, 0.15) is 23.3 Å². The minimum absolute atomic E-state index is 0.279. The zero-order valence-corrected chi connectivity index (χ0v) is 11.3. The van der Waals surface area contributed by atoms with E-state index in [1.807, 2.05) is 13.8 Å². The third kappa shape index (κ3) is 2.50. The molecule has 4 nitrogen and oxygen atoms in total. The first kappa shape index (κ1) is 13.3. The molecule has 2 rings (SSSR count). The molecule has 0 aliphatic rings.